The highest BCUT2D eigenvalue weighted by molar-refractivity contribution is 7.99. The first-order chi connectivity index (χ1) is 14.7. The molecule has 0 atom stereocenters. The molecule has 1 amide bonds. The number of thioether (sulfide) groups is 1. The smallest absolute Gasteiger partial charge is 0.234 e. The van der Waals surface area contributed by atoms with Crippen LogP contribution in [0.2, 0.25) is 0 Å². The molecule has 2 aromatic carbocycles. The van der Waals surface area contributed by atoms with Crippen LogP contribution in [0.4, 0.5) is 5.69 Å². The molecule has 150 valence electrons. The molecule has 2 aromatic heterocycles. The van der Waals surface area contributed by atoms with Crippen molar-refractivity contribution in [3.05, 3.63) is 84.7 Å². The number of carbonyl (C=O) groups is 1. The number of carbonyl (C=O) groups excluding carboxylic acids is 1. The number of nitrogens with one attached hydrogen (secondary N) is 1. The summed E-state index contributed by atoms with van der Waals surface area (Å²) in [4.78, 5) is 12.2. The van der Waals surface area contributed by atoms with E-state index in [9.17, 15) is 4.79 Å². The summed E-state index contributed by atoms with van der Waals surface area (Å²) in [7, 11) is 0. The van der Waals surface area contributed by atoms with Crippen LogP contribution in [0.25, 0.3) is 16.9 Å². The Morgan fingerprint density at radius 2 is 1.80 bits per heavy atom. The number of aromatic nitrogens is 4. The minimum Gasteiger partial charge on any atom is -0.325 e. The number of anilines is 1. The zero-order valence-electron chi connectivity index (χ0n) is 16.5. The Balaban J connectivity index is 1.32. The molecule has 0 aliphatic heterocycles. The predicted octanol–water partition coefficient (Wildman–Crippen LogP) is 4.62. The number of nitrogens with zero attached hydrogens (tertiary/aromatic N) is 4. The molecule has 0 saturated heterocycles. The molecule has 0 unspecified atom stereocenters. The lowest BCUT2D eigenvalue weighted by Gasteiger charge is -2.06. The monoisotopic (exact) mass is 415 g/mol. The summed E-state index contributed by atoms with van der Waals surface area (Å²) < 4.78 is 1.80. The summed E-state index contributed by atoms with van der Waals surface area (Å²) >= 11 is 1.36. The standard InChI is InChI=1S/C23H21N5OS/c1-2-17-4-8-19(9-5-17)25-22(29)16-30-23-13-12-21(26-27-23)18-6-10-20(11-7-18)28-15-3-14-24-28/h3-15H,2,16H2,1H3,(H,25,29). The molecule has 0 aliphatic carbocycles. The predicted molar refractivity (Wildman–Crippen MR) is 120 cm³/mol. The van der Waals surface area contributed by atoms with Gasteiger partial charge in [0.2, 0.25) is 5.91 Å². The third-order valence-corrected chi connectivity index (χ3v) is 5.49. The van der Waals surface area contributed by atoms with Crippen molar-refractivity contribution in [2.75, 3.05) is 11.1 Å². The van der Waals surface area contributed by atoms with E-state index in [1.165, 1.54) is 17.3 Å². The summed E-state index contributed by atoms with van der Waals surface area (Å²) in [6, 6.07) is 21.5. The summed E-state index contributed by atoms with van der Waals surface area (Å²) in [5.41, 5.74) is 4.79. The fourth-order valence-corrected chi connectivity index (χ4v) is 3.53. The van der Waals surface area contributed by atoms with Gasteiger partial charge in [0.25, 0.3) is 0 Å². The molecular weight excluding hydrogens is 394 g/mol. The van der Waals surface area contributed by atoms with Crippen molar-refractivity contribution < 1.29 is 4.79 Å². The van der Waals surface area contributed by atoms with Crippen molar-refractivity contribution in [2.24, 2.45) is 0 Å². The maximum atomic E-state index is 12.2. The second kappa shape index (κ2) is 9.37. The third kappa shape index (κ3) is 4.93. The van der Waals surface area contributed by atoms with E-state index in [1.807, 2.05) is 72.9 Å². The van der Waals surface area contributed by atoms with E-state index in [4.69, 9.17) is 0 Å². The fourth-order valence-electron chi connectivity index (χ4n) is 2.92. The summed E-state index contributed by atoms with van der Waals surface area (Å²) in [6.45, 7) is 2.10. The van der Waals surface area contributed by atoms with Crippen LogP contribution in [0.3, 0.4) is 0 Å². The SMILES string of the molecule is CCc1ccc(NC(=O)CSc2ccc(-c3ccc(-n4cccn4)cc3)nn2)cc1. The number of hydrogen-bond acceptors (Lipinski definition) is 5. The van der Waals surface area contributed by atoms with Crippen molar-refractivity contribution in [3.63, 3.8) is 0 Å². The van der Waals surface area contributed by atoms with Crippen LogP contribution in [0.5, 0.6) is 0 Å². The Kier molecular flexibility index (Phi) is 6.20. The quantitative estimate of drug-likeness (QED) is 0.446. The fraction of sp³-hybridized carbons (Fsp3) is 0.130. The van der Waals surface area contributed by atoms with Gasteiger partial charge in [0.15, 0.2) is 0 Å². The Labute approximate surface area is 179 Å². The normalized spacial score (nSPS) is 10.7. The summed E-state index contributed by atoms with van der Waals surface area (Å²) in [6.07, 6.45) is 4.63. The molecule has 0 aliphatic rings. The molecule has 6 nitrogen and oxygen atoms in total. The van der Waals surface area contributed by atoms with Crippen molar-refractivity contribution in [3.8, 4) is 16.9 Å². The van der Waals surface area contributed by atoms with Gasteiger partial charge >= 0.3 is 0 Å². The molecule has 2 heterocycles. The number of rotatable bonds is 7. The largest absolute Gasteiger partial charge is 0.325 e. The van der Waals surface area contributed by atoms with Gasteiger partial charge in [0.1, 0.15) is 5.03 Å². The maximum absolute atomic E-state index is 12.2. The van der Waals surface area contributed by atoms with Crippen molar-refractivity contribution in [1.29, 1.82) is 0 Å². The number of benzene rings is 2. The van der Waals surface area contributed by atoms with Gasteiger partial charge in [-0.05, 0) is 54.4 Å². The van der Waals surface area contributed by atoms with E-state index in [2.05, 4.69) is 27.5 Å². The molecule has 4 rings (SSSR count). The molecule has 1 N–H and O–H groups in total. The zero-order valence-corrected chi connectivity index (χ0v) is 17.3. The lowest BCUT2D eigenvalue weighted by Crippen LogP contribution is -2.14. The van der Waals surface area contributed by atoms with Crippen LogP contribution >= 0.6 is 11.8 Å². The van der Waals surface area contributed by atoms with E-state index < -0.39 is 0 Å². The molecule has 0 spiro atoms. The van der Waals surface area contributed by atoms with E-state index in [1.54, 1.807) is 10.9 Å². The molecule has 0 bridgehead atoms. The van der Waals surface area contributed by atoms with E-state index in [-0.39, 0.29) is 11.7 Å². The Morgan fingerprint density at radius 3 is 2.43 bits per heavy atom. The molecule has 0 fully saturated rings. The Morgan fingerprint density at radius 1 is 1.00 bits per heavy atom. The average molecular weight is 416 g/mol. The minimum absolute atomic E-state index is 0.0654. The maximum Gasteiger partial charge on any atom is 0.234 e. The van der Waals surface area contributed by atoms with Crippen LogP contribution in [-0.4, -0.2) is 31.6 Å². The first-order valence-electron chi connectivity index (χ1n) is 9.67. The van der Waals surface area contributed by atoms with Crippen LogP contribution in [-0.2, 0) is 11.2 Å². The first-order valence-corrected chi connectivity index (χ1v) is 10.7. The summed E-state index contributed by atoms with van der Waals surface area (Å²) in [5, 5.41) is 16.4. The molecular formula is C23H21N5OS. The molecule has 30 heavy (non-hydrogen) atoms. The van der Waals surface area contributed by atoms with Crippen LogP contribution in [0.1, 0.15) is 12.5 Å². The first kappa shape index (κ1) is 19.8. The van der Waals surface area contributed by atoms with E-state index in [0.29, 0.717) is 5.03 Å². The van der Waals surface area contributed by atoms with Gasteiger partial charge in [-0.2, -0.15) is 5.10 Å². The lowest BCUT2D eigenvalue weighted by atomic mass is 10.1. The van der Waals surface area contributed by atoms with Gasteiger partial charge in [0, 0.05) is 23.6 Å². The highest BCUT2D eigenvalue weighted by Gasteiger charge is 2.07. The van der Waals surface area contributed by atoms with Gasteiger partial charge in [-0.15, -0.1) is 10.2 Å². The van der Waals surface area contributed by atoms with Gasteiger partial charge in [0.05, 0.1) is 17.1 Å². The Bertz CT molecular complexity index is 1090. The number of hydrogen-bond donors (Lipinski definition) is 1. The van der Waals surface area contributed by atoms with Gasteiger partial charge in [-0.25, -0.2) is 4.68 Å². The number of amides is 1. The van der Waals surface area contributed by atoms with Crippen molar-refractivity contribution in [2.45, 2.75) is 18.4 Å². The summed E-state index contributed by atoms with van der Waals surface area (Å²) in [5.74, 6) is 0.214. The van der Waals surface area contributed by atoms with Crippen LogP contribution in [0.15, 0.2) is 84.1 Å². The molecule has 0 saturated carbocycles. The minimum atomic E-state index is -0.0654. The second-order valence-corrected chi connectivity index (χ2v) is 7.64. The van der Waals surface area contributed by atoms with Crippen LogP contribution in [0, 0.1) is 0 Å². The average Bonchev–Trinajstić information content (AvgIpc) is 3.34. The number of aryl methyl sites for hydroxylation is 1. The van der Waals surface area contributed by atoms with Crippen molar-refractivity contribution in [1.82, 2.24) is 20.0 Å². The highest BCUT2D eigenvalue weighted by atomic mass is 32.2. The Hall–Kier alpha value is -3.45. The van der Waals surface area contributed by atoms with E-state index >= 15 is 0 Å². The van der Waals surface area contributed by atoms with Crippen molar-refractivity contribution >= 4 is 23.4 Å². The topological polar surface area (TPSA) is 72.7 Å². The lowest BCUT2D eigenvalue weighted by molar-refractivity contribution is -0.113. The van der Waals surface area contributed by atoms with Gasteiger partial charge in [-0.3, -0.25) is 4.79 Å². The van der Waals surface area contributed by atoms with Crippen LogP contribution < -0.4 is 5.32 Å². The molecule has 4 aromatic rings. The second-order valence-electron chi connectivity index (χ2n) is 6.64. The highest BCUT2D eigenvalue weighted by Crippen LogP contribution is 2.21. The molecule has 0 radical (unpaired) electrons. The third-order valence-electron chi connectivity index (χ3n) is 4.57. The van der Waals surface area contributed by atoms with Gasteiger partial charge in [-0.1, -0.05) is 43.0 Å². The van der Waals surface area contributed by atoms with Gasteiger partial charge < -0.3 is 5.32 Å². The van der Waals surface area contributed by atoms with E-state index in [0.717, 1.165) is 29.1 Å². The molecule has 7 heteroatoms. The zero-order chi connectivity index (χ0) is 20.8.